The Bertz CT molecular complexity index is 496. The number of aromatic nitrogens is 1. The second-order valence-electron chi connectivity index (χ2n) is 5.42. The number of hydrogen-bond acceptors (Lipinski definition) is 3. The highest BCUT2D eigenvalue weighted by Gasteiger charge is 2.20. The van der Waals surface area contributed by atoms with Gasteiger partial charge in [0.25, 0.3) is 5.91 Å². The second kappa shape index (κ2) is 6.50. The third-order valence-electron chi connectivity index (χ3n) is 3.83. The molecule has 1 amide bonds. The first-order valence-corrected chi connectivity index (χ1v) is 7.02. The number of carboxylic acids is 1. The van der Waals surface area contributed by atoms with Gasteiger partial charge in [0, 0.05) is 19.8 Å². The first-order chi connectivity index (χ1) is 9.58. The summed E-state index contributed by atoms with van der Waals surface area (Å²) in [5.41, 5.74) is 0.289. The van der Waals surface area contributed by atoms with Crippen molar-refractivity contribution in [2.45, 2.75) is 32.1 Å². The van der Waals surface area contributed by atoms with Gasteiger partial charge < -0.3 is 10.0 Å². The lowest BCUT2D eigenvalue weighted by Gasteiger charge is -2.26. The highest BCUT2D eigenvalue weighted by atomic mass is 16.4. The van der Waals surface area contributed by atoms with Crippen LogP contribution >= 0.6 is 0 Å². The fourth-order valence-corrected chi connectivity index (χ4v) is 2.72. The molecule has 1 aliphatic carbocycles. The van der Waals surface area contributed by atoms with Crippen LogP contribution < -0.4 is 0 Å². The summed E-state index contributed by atoms with van der Waals surface area (Å²) in [5, 5.41) is 8.94. The molecule has 108 valence electrons. The SMILES string of the molecule is CN(CC1CCCCC1)C(=O)c1cc(C(=O)O)ccn1. The fourth-order valence-electron chi connectivity index (χ4n) is 2.72. The molecule has 0 spiro atoms. The average molecular weight is 276 g/mol. The Morgan fingerprint density at radius 1 is 1.35 bits per heavy atom. The molecule has 0 bridgehead atoms. The van der Waals surface area contributed by atoms with Crippen LogP contribution in [0.2, 0.25) is 0 Å². The first kappa shape index (κ1) is 14.5. The summed E-state index contributed by atoms with van der Waals surface area (Å²) in [6.07, 6.45) is 7.46. The normalized spacial score (nSPS) is 15.8. The monoisotopic (exact) mass is 276 g/mol. The lowest BCUT2D eigenvalue weighted by Crippen LogP contribution is -2.33. The third-order valence-corrected chi connectivity index (χ3v) is 3.83. The molecule has 0 atom stereocenters. The summed E-state index contributed by atoms with van der Waals surface area (Å²) >= 11 is 0. The number of amides is 1. The number of nitrogens with zero attached hydrogens (tertiary/aromatic N) is 2. The quantitative estimate of drug-likeness (QED) is 0.917. The largest absolute Gasteiger partial charge is 0.478 e. The van der Waals surface area contributed by atoms with Crippen LogP contribution in [0, 0.1) is 5.92 Å². The van der Waals surface area contributed by atoms with E-state index in [1.165, 1.54) is 50.4 Å². The molecule has 5 heteroatoms. The molecule has 0 aromatic carbocycles. The molecule has 1 aromatic rings. The molecule has 1 saturated carbocycles. The first-order valence-electron chi connectivity index (χ1n) is 7.02. The van der Waals surface area contributed by atoms with Crippen LogP contribution in [-0.4, -0.2) is 40.5 Å². The van der Waals surface area contributed by atoms with E-state index in [4.69, 9.17) is 5.11 Å². The summed E-state index contributed by atoms with van der Waals surface area (Å²) in [6, 6.07) is 2.72. The van der Waals surface area contributed by atoms with Crippen molar-refractivity contribution in [3.8, 4) is 0 Å². The van der Waals surface area contributed by atoms with Crippen molar-refractivity contribution in [1.82, 2.24) is 9.88 Å². The zero-order valence-corrected chi connectivity index (χ0v) is 11.7. The van der Waals surface area contributed by atoms with Gasteiger partial charge in [-0.3, -0.25) is 9.78 Å². The number of pyridine rings is 1. The Morgan fingerprint density at radius 2 is 2.05 bits per heavy atom. The van der Waals surface area contributed by atoms with E-state index in [1.807, 2.05) is 0 Å². The molecule has 1 fully saturated rings. The molecule has 20 heavy (non-hydrogen) atoms. The van der Waals surface area contributed by atoms with Gasteiger partial charge in [-0.05, 0) is 30.9 Å². The van der Waals surface area contributed by atoms with Gasteiger partial charge in [0.1, 0.15) is 5.69 Å². The Labute approximate surface area is 118 Å². The van der Waals surface area contributed by atoms with Gasteiger partial charge in [-0.2, -0.15) is 0 Å². The third kappa shape index (κ3) is 3.56. The van der Waals surface area contributed by atoms with E-state index >= 15 is 0 Å². The predicted molar refractivity (Wildman–Crippen MR) is 74.7 cm³/mol. The molecule has 2 rings (SSSR count). The highest BCUT2D eigenvalue weighted by Crippen LogP contribution is 2.24. The summed E-state index contributed by atoms with van der Waals surface area (Å²) < 4.78 is 0. The standard InChI is InChI=1S/C15H20N2O3/c1-17(10-11-5-3-2-4-6-11)14(18)13-9-12(15(19)20)7-8-16-13/h7-9,11H,2-6,10H2,1H3,(H,19,20). The fraction of sp³-hybridized carbons (Fsp3) is 0.533. The molecule has 1 heterocycles. The summed E-state index contributed by atoms with van der Waals surface area (Å²) in [5.74, 6) is -0.699. The molecular formula is C15H20N2O3. The van der Waals surface area contributed by atoms with Crippen molar-refractivity contribution in [3.63, 3.8) is 0 Å². The molecule has 1 N–H and O–H groups in total. The van der Waals surface area contributed by atoms with Crippen molar-refractivity contribution < 1.29 is 14.7 Å². The predicted octanol–water partition coefficient (Wildman–Crippen LogP) is 2.43. The molecule has 0 aliphatic heterocycles. The van der Waals surface area contributed by atoms with Gasteiger partial charge in [0.2, 0.25) is 0 Å². The second-order valence-corrected chi connectivity index (χ2v) is 5.42. The number of rotatable bonds is 4. The van der Waals surface area contributed by atoms with Gasteiger partial charge in [-0.25, -0.2) is 4.79 Å². The van der Waals surface area contributed by atoms with E-state index < -0.39 is 5.97 Å². The maximum absolute atomic E-state index is 12.3. The van der Waals surface area contributed by atoms with Crippen molar-refractivity contribution in [1.29, 1.82) is 0 Å². The van der Waals surface area contributed by atoms with Crippen molar-refractivity contribution in [2.75, 3.05) is 13.6 Å². The van der Waals surface area contributed by atoms with Gasteiger partial charge in [0.15, 0.2) is 0 Å². The van der Waals surface area contributed by atoms with E-state index in [0.717, 1.165) is 6.54 Å². The summed E-state index contributed by atoms with van der Waals surface area (Å²) in [4.78, 5) is 28.8. The number of carbonyl (C=O) groups excluding carboxylic acids is 1. The maximum atomic E-state index is 12.3. The zero-order chi connectivity index (χ0) is 14.5. The maximum Gasteiger partial charge on any atom is 0.335 e. The Balaban J connectivity index is 2.02. The van der Waals surface area contributed by atoms with Crippen LogP contribution in [0.4, 0.5) is 0 Å². The minimum absolute atomic E-state index is 0.0921. The highest BCUT2D eigenvalue weighted by molar-refractivity contribution is 5.95. The molecule has 1 aromatic heterocycles. The number of aromatic carboxylic acids is 1. The van der Waals surface area contributed by atoms with Crippen LogP contribution in [-0.2, 0) is 0 Å². The minimum atomic E-state index is -1.05. The molecule has 0 unspecified atom stereocenters. The minimum Gasteiger partial charge on any atom is -0.478 e. The topological polar surface area (TPSA) is 70.5 Å². The van der Waals surface area contributed by atoms with Crippen LogP contribution in [0.15, 0.2) is 18.3 Å². The lowest BCUT2D eigenvalue weighted by molar-refractivity contribution is 0.0696. The number of carboxylic acid groups (broad SMARTS) is 1. The Kier molecular flexibility index (Phi) is 4.71. The van der Waals surface area contributed by atoms with Crippen LogP contribution in [0.1, 0.15) is 53.0 Å². The molecular weight excluding hydrogens is 256 g/mol. The zero-order valence-electron chi connectivity index (χ0n) is 11.7. The lowest BCUT2D eigenvalue weighted by atomic mass is 9.89. The van der Waals surface area contributed by atoms with Crippen molar-refractivity contribution in [2.24, 2.45) is 5.92 Å². The summed E-state index contributed by atoms with van der Waals surface area (Å²) in [7, 11) is 1.76. The molecule has 5 nitrogen and oxygen atoms in total. The van der Waals surface area contributed by atoms with Gasteiger partial charge in [0.05, 0.1) is 5.56 Å². The van der Waals surface area contributed by atoms with E-state index in [0.29, 0.717) is 5.92 Å². The van der Waals surface area contributed by atoms with Gasteiger partial charge >= 0.3 is 5.97 Å². The van der Waals surface area contributed by atoms with Crippen molar-refractivity contribution >= 4 is 11.9 Å². The number of hydrogen-bond donors (Lipinski definition) is 1. The molecule has 0 radical (unpaired) electrons. The van der Waals surface area contributed by atoms with Crippen molar-refractivity contribution in [3.05, 3.63) is 29.6 Å². The summed E-state index contributed by atoms with van der Waals surface area (Å²) in [6.45, 7) is 0.720. The van der Waals surface area contributed by atoms with Crippen LogP contribution in [0.25, 0.3) is 0 Å². The number of carbonyl (C=O) groups is 2. The van der Waals surface area contributed by atoms with Gasteiger partial charge in [-0.15, -0.1) is 0 Å². The van der Waals surface area contributed by atoms with Gasteiger partial charge in [-0.1, -0.05) is 19.3 Å². The molecule has 1 aliphatic rings. The van der Waals surface area contributed by atoms with Crippen LogP contribution in [0.3, 0.4) is 0 Å². The Morgan fingerprint density at radius 3 is 2.70 bits per heavy atom. The smallest absolute Gasteiger partial charge is 0.335 e. The van der Waals surface area contributed by atoms with E-state index in [9.17, 15) is 9.59 Å². The van der Waals surface area contributed by atoms with E-state index in [2.05, 4.69) is 4.98 Å². The molecule has 0 saturated heterocycles. The average Bonchev–Trinajstić information content (AvgIpc) is 2.47. The Hall–Kier alpha value is -1.91. The van der Waals surface area contributed by atoms with Crippen LogP contribution in [0.5, 0.6) is 0 Å². The van der Waals surface area contributed by atoms with E-state index in [-0.39, 0.29) is 17.2 Å². The van der Waals surface area contributed by atoms with E-state index in [1.54, 1.807) is 11.9 Å².